The van der Waals surface area contributed by atoms with Gasteiger partial charge in [-0.1, -0.05) is 6.07 Å². The summed E-state index contributed by atoms with van der Waals surface area (Å²) in [6, 6.07) is 4.95. The zero-order valence-electron chi connectivity index (χ0n) is 8.90. The molecule has 3 heteroatoms. The standard InChI is InChI=1S/C11H16N2S/c1-8-4-5-10(6-12-8)11-13(3)9(2)7-14-11/h4-6,9,11H,7H2,1-3H3. The molecule has 0 N–H and O–H groups in total. The van der Waals surface area contributed by atoms with Crippen LogP contribution in [0.15, 0.2) is 18.3 Å². The van der Waals surface area contributed by atoms with Gasteiger partial charge in [0.2, 0.25) is 0 Å². The second-order valence-electron chi connectivity index (χ2n) is 3.93. The van der Waals surface area contributed by atoms with E-state index in [9.17, 15) is 0 Å². The summed E-state index contributed by atoms with van der Waals surface area (Å²) < 4.78 is 0. The molecule has 2 unspecified atom stereocenters. The Balaban J connectivity index is 2.19. The predicted octanol–water partition coefficient (Wildman–Crippen LogP) is 2.46. The van der Waals surface area contributed by atoms with Gasteiger partial charge in [0.15, 0.2) is 0 Å². The first-order valence-corrected chi connectivity index (χ1v) is 5.99. The van der Waals surface area contributed by atoms with Gasteiger partial charge in [-0.15, -0.1) is 11.8 Å². The van der Waals surface area contributed by atoms with E-state index in [1.54, 1.807) is 0 Å². The molecule has 2 heterocycles. The van der Waals surface area contributed by atoms with E-state index in [-0.39, 0.29) is 0 Å². The number of hydrogen-bond donors (Lipinski definition) is 0. The van der Waals surface area contributed by atoms with E-state index >= 15 is 0 Å². The Bertz CT molecular complexity index is 310. The molecule has 2 rings (SSSR count). The number of rotatable bonds is 1. The number of pyridine rings is 1. The molecular weight excluding hydrogens is 192 g/mol. The van der Waals surface area contributed by atoms with Crippen molar-refractivity contribution in [3.05, 3.63) is 29.6 Å². The molecule has 14 heavy (non-hydrogen) atoms. The molecule has 0 saturated carbocycles. The van der Waals surface area contributed by atoms with Gasteiger partial charge in [-0.3, -0.25) is 9.88 Å². The number of hydrogen-bond acceptors (Lipinski definition) is 3. The van der Waals surface area contributed by atoms with E-state index in [0.29, 0.717) is 11.4 Å². The summed E-state index contributed by atoms with van der Waals surface area (Å²) in [5.74, 6) is 1.22. The van der Waals surface area contributed by atoms with Crippen LogP contribution in [-0.4, -0.2) is 28.7 Å². The molecule has 1 aromatic rings. The lowest BCUT2D eigenvalue weighted by Gasteiger charge is -2.22. The summed E-state index contributed by atoms with van der Waals surface area (Å²) in [6.45, 7) is 4.30. The first-order chi connectivity index (χ1) is 6.68. The van der Waals surface area contributed by atoms with Gasteiger partial charge < -0.3 is 0 Å². The Hall–Kier alpha value is -0.540. The number of nitrogens with zero attached hydrogens (tertiary/aromatic N) is 2. The molecule has 1 saturated heterocycles. The van der Waals surface area contributed by atoms with E-state index in [0.717, 1.165) is 5.69 Å². The average Bonchev–Trinajstić information content (AvgIpc) is 2.50. The molecular formula is C11H16N2S. The number of thioether (sulfide) groups is 1. The molecule has 0 spiro atoms. The van der Waals surface area contributed by atoms with Crippen molar-refractivity contribution in [3.63, 3.8) is 0 Å². The third-order valence-electron chi connectivity index (χ3n) is 2.78. The maximum absolute atomic E-state index is 4.34. The highest BCUT2D eigenvalue weighted by atomic mass is 32.2. The second-order valence-corrected chi connectivity index (χ2v) is 5.05. The minimum Gasteiger partial charge on any atom is -0.287 e. The van der Waals surface area contributed by atoms with Crippen LogP contribution in [0.4, 0.5) is 0 Å². The minimum atomic E-state index is 0.498. The number of aryl methyl sites for hydroxylation is 1. The van der Waals surface area contributed by atoms with Crippen molar-refractivity contribution in [2.75, 3.05) is 12.8 Å². The van der Waals surface area contributed by atoms with E-state index in [4.69, 9.17) is 0 Å². The van der Waals surface area contributed by atoms with Crippen molar-refractivity contribution < 1.29 is 0 Å². The summed E-state index contributed by atoms with van der Waals surface area (Å²) in [6.07, 6.45) is 2.00. The molecule has 0 bridgehead atoms. The molecule has 0 radical (unpaired) electrons. The SMILES string of the molecule is Cc1ccc(C2SCC(C)N2C)cn1. The lowest BCUT2D eigenvalue weighted by Crippen LogP contribution is -2.25. The van der Waals surface area contributed by atoms with Gasteiger partial charge in [0.1, 0.15) is 0 Å². The lowest BCUT2D eigenvalue weighted by molar-refractivity contribution is 0.282. The first-order valence-electron chi connectivity index (χ1n) is 4.94. The van der Waals surface area contributed by atoms with Crippen molar-refractivity contribution in [1.29, 1.82) is 0 Å². The third kappa shape index (κ3) is 1.79. The van der Waals surface area contributed by atoms with Gasteiger partial charge in [-0.2, -0.15) is 0 Å². The van der Waals surface area contributed by atoms with Crippen LogP contribution >= 0.6 is 11.8 Å². The predicted molar refractivity (Wildman–Crippen MR) is 61.4 cm³/mol. The molecule has 0 amide bonds. The Morgan fingerprint density at radius 1 is 1.50 bits per heavy atom. The monoisotopic (exact) mass is 208 g/mol. The van der Waals surface area contributed by atoms with Crippen molar-refractivity contribution in [1.82, 2.24) is 9.88 Å². The molecule has 1 fully saturated rings. The van der Waals surface area contributed by atoms with Crippen LogP contribution in [-0.2, 0) is 0 Å². The van der Waals surface area contributed by atoms with Crippen LogP contribution in [0.25, 0.3) is 0 Å². The second kappa shape index (κ2) is 3.91. The van der Waals surface area contributed by atoms with Gasteiger partial charge in [0, 0.05) is 23.7 Å². The molecule has 1 aliphatic heterocycles. The maximum atomic E-state index is 4.34. The molecule has 2 atom stereocenters. The van der Waals surface area contributed by atoms with E-state index in [2.05, 4.69) is 36.0 Å². The van der Waals surface area contributed by atoms with Gasteiger partial charge in [0.25, 0.3) is 0 Å². The third-order valence-corrected chi connectivity index (χ3v) is 4.38. The Labute approximate surface area is 89.7 Å². The Kier molecular flexibility index (Phi) is 2.79. The van der Waals surface area contributed by atoms with E-state index in [1.165, 1.54) is 11.3 Å². The van der Waals surface area contributed by atoms with E-state index in [1.807, 2.05) is 24.9 Å². The van der Waals surface area contributed by atoms with Gasteiger partial charge in [-0.25, -0.2) is 0 Å². The smallest absolute Gasteiger partial charge is 0.0829 e. The van der Waals surface area contributed by atoms with Crippen LogP contribution in [0.2, 0.25) is 0 Å². The fraction of sp³-hybridized carbons (Fsp3) is 0.545. The number of aromatic nitrogens is 1. The average molecular weight is 208 g/mol. The fourth-order valence-electron chi connectivity index (χ4n) is 1.65. The largest absolute Gasteiger partial charge is 0.287 e. The van der Waals surface area contributed by atoms with E-state index < -0.39 is 0 Å². The molecule has 1 aliphatic rings. The van der Waals surface area contributed by atoms with Crippen LogP contribution in [0, 0.1) is 6.92 Å². The summed E-state index contributed by atoms with van der Waals surface area (Å²) in [5, 5.41) is 0.498. The van der Waals surface area contributed by atoms with Crippen LogP contribution < -0.4 is 0 Å². The van der Waals surface area contributed by atoms with Crippen LogP contribution in [0.1, 0.15) is 23.6 Å². The zero-order chi connectivity index (χ0) is 10.1. The molecule has 0 aliphatic carbocycles. The maximum Gasteiger partial charge on any atom is 0.0829 e. The topological polar surface area (TPSA) is 16.1 Å². The fourth-order valence-corrected chi connectivity index (χ4v) is 3.12. The first kappa shape index (κ1) is 9.99. The van der Waals surface area contributed by atoms with Crippen molar-refractivity contribution in [2.45, 2.75) is 25.3 Å². The molecule has 1 aromatic heterocycles. The summed E-state index contributed by atoms with van der Waals surface area (Å²) in [7, 11) is 2.19. The summed E-state index contributed by atoms with van der Waals surface area (Å²) >= 11 is 2.00. The van der Waals surface area contributed by atoms with Crippen LogP contribution in [0.3, 0.4) is 0 Å². The molecule has 2 nitrogen and oxygen atoms in total. The highest BCUT2D eigenvalue weighted by Gasteiger charge is 2.28. The molecule has 0 aromatic carbocycles. The zero-order valence-corrected chi connectivity index (χ0v) is 9.71. The quantitative estimate of drug-likeness (QED) is 0.705. The normalized spacial score (nSPS) is 28.2. The van der Waals surface area contributed by atoms with Gasteiger partial charge >= 0.3 is 0 Å². The highest BCUT2D eigenvalue weighted by Crippen LogP contribution is 2.39. The van der Waals surface area contributed by atoms with Crippen molar-refractivity contribution >= 4 is 11.8 Å². The molecule has 76 valence electrons. The Morgan fingerprint density at radius 2 is 2.29 bits per heavy atom. The van der Waals surface area contributed by atoms with Crippen molar-refractivity contribution in [2.24, 2.45) is 0 Å². The van der Waals surface area contributed by atoms with Gasteiger partial charge in [-0.05, 0) is 32.5 Å². The summed E-state index contributed by atoms with van der Waals surface area (Å²) in [4.78, 5) is 6.76. The summed E-state index contributed by atoms with van der Waals surface area (Å²) in [5.41, 5.74) is 2.42. The van der Waals surface area contributed by atoms with Crippen molar-refractivity contribution in [3.8, 4) is 0 Å². The Morgan fingerprint density at radius 3 is 2.79 bits per heavy atom. The lowest BCUT2D eigenvalue weighted by atomic mass is 10.2. The highest BCUT2D eigenvalue weighted by molar-refractivity contribution is 7.99. The van der Waals surface area contributed by atoms with Gasteiger partial charge in [0.05, 0.1) is 5.37 Å². The van der Waals surface area contributed by atoms with Crippen LogP contribution in [0.5, 0.6) is 0 Å². The minimum absolute atomic E-state index is 0.498.